The number of nitrogens with one attached hydrogen (secondary N) is 5. The molecule has 0 aromatic heterocycles. The molecule has 2 aliphatic carbocycles. The summed E-state index contributed by atoms with van der Waals surface area (Å²) in [5, 5.41) is 15.9. The van der Waals surface area contributed by atoms with E-state index in [1.807, 2.05) is 12.1 Å². The van der Waals surface area contributed by atoms with Gasteiger partial charge in [0, 0.05) is 71.2 Å². The number of hydrogen-bond acceptors (Lipinski definition) is 7. The largest absolute Gasteiger partial charge is 0.353 e. The molecule has 12 nitrogen and oxygen atoms in total. The van der Waals surface area contributed by atoms with E-state index < -0.39 is 40.7 Å². The van der Waals surface area contributed by atoms with Gasteiger partial charge in [0.15, 0.2) is 0 Å². The summed E-state index contributed by atoms with van der Waals surface area (Å²) in [6, 6.07) is 13.5. The Kier molecular flexibility index (Phi) is 11.8. The van der Waals surface area contributed by atoms with Crippen LogP contribution in [-0.2, 0) is 35.9 Å². The fraction of sp³-hybridized carbons (Fsp3) is 0.458. The van der Waals surface area contributed by atoms with Gasteiger partial charge in [-0.05, 0) is 98.4 Å². The topological polar surface area (TPSA) is 166 Å². The lowest BCUT2D eigenvalue weighted by atomic mass is 9.55. The molecule has 4 atom stereocenters. The monoisotopic (exact) mass is 894 g/mol. The van der Waals surface area contributed by atoms with E-state index in [1.54, 1.807) is 36.4 Å². The first-order valence-corrected chi connectivity index (χ1v) is 22.8. The zero-order chi connectivity index (χ0) is 44.0. The van der Waals surface area contributed by atoms with Crippen LogP contribution in [0.4, 0.5) is 10.1 Å². The highest BCUT2D eigenvalue weighted by Gasteiger charge is 2.72. The number of carbonyl (C=O) groups is 6. The Hall–Kier alpha value is -5.29. The molecule has 4 aliphatic heterocycles. The van der Waals surface area contributed by atoms with Gasteiger partial charge in [-0.25, -0.2) is 4.39 Å². The van der Waals surface area contributed by atoms with Crippen LogP contribution < -0.4 is 26.6 Å². The minimum atomic E-state index is -1.31. The molecule has 9 rings (SSSR count). The number of halogens is 3. The molecule has 1 unspecified atom stereocenters. The van der Waals surface area contributed by atoms with E-state index in [2.05, 4.69) is 38.4 Å². The normalized spacial score (nSPS) is 27.0. The Morgan fingerprint density at radius 1 is 0.889 bits per heavy atom. The maximum absolute atomic E-state index is 16.3. The van der Waals surface area contributed by atoms with Crippen molar-refractivity contribution in [1.82, 2.24) is 26.2 Å². The molecule has 3 aromatic rings. The van der Waals surface area contributed by atoms with Gasteiger partial charge >= 0.3 is 0 Å². The van der Waals surface area contributed by atoms with Crippen LogP contribution in [0.3, 0.4) is 0 Å². The van der Waals surface area contributed by atoms with Crippen molar-refractivity contribution in [2.75, 3.05) is 5.32 Å². The number of unbranched alkanes of at least 4 members (excludes halogenated alkanes) is 1. The maximum atomic E-state index is 16.3. The van der Waals surface area contributed by atoms with Crippen molar-refractivity contribution in [2.45, 2.75) is 137 Å². The van der Waals surface area contributed by atoms with Crippen molar-refractivity contribution >= 4 is 64.3 Å². The molecule has 2 saturated carbocycles. The molecule has 2 spiro atoms. The van der Waals surface area contributed by atoms with Crippen LogP contribution in [0.5, 0.6) is 0 Å². The van der Waals surface area contributed by atoms with Gasteiger partial charge < -0.3 is 20.9 Å². The molecule has 3 aromatic carbocycles. The molecule has 15 heteroatoms. The van der Waals surface area contributed by atoms with Crippen LogP contribution in [0.25, 0.3) is 0 Å². The third-order valence-electron chi connectivity index (χ3n) is 14.3. The number of piperidine rings is 1. The van der Waals surface area contributed by atoms with Crippen molar-refractivity contribution in [2.24, 2.45) is 0 Å². The van der Waals surface area contributed by atoms with Crippen LogP contribution in [0.1, 0.15) is 128 Å². The third-order valence-corrected chi connectivity index (χ3v) is 14.8. The molecular weight excluding hydrogens is 846 g/mol. The van der Waals surface area contributed by atoms with Gasteiger partial charge in [-0.1, -0.05) is 78.6 Å². The average Bonchev–Trinajstić information content (AvgIpc) is 3.86. The van der Waals surface area contributed by atoms with Crippen molar-refractivity contribution in [1.29, 1.82) is 0 Å². The smallest absolute Gasteiger partial charge is 0.255 e. The number of nitrogens with zero attached hydrogens (tertiary/aromatic N) is 1. The van der Waals surface area contributed by atoms with Crippen molar-refractivity contribution in [3.05, 3.63) is 98.3 Å². The molecule has 5 N–H and O–H groups in total. The second-order valence-corrected chi connectivity index (χ2v) is 18.7. The Morgan fingerprint density at radius 2 is 1.63 bits per heavy atom. The van der Waals surface area contributed by atoms with Gasteiger partial charge in [0.25, 0.3) is 5.91 Å². The second-order valence-electron chi connectivity index (χ2n) is 17.8. The van der Waals surface area contributed by atoms with E-state index in [4.69, 9.17) is 23.2 Å². The SMILES string of the molecule is O=C1CCC(N2Cc3c(C#CCCCC(=O)NC4CCC(NC(=O)[C@@H]5NC6(CCCCC6)[C@@]6(C(=O)Nc7cc(Cl)ccc76)[C@H]5c5cccc(Cl)c5F)CC4)cccc3C2=O)C(=O)N1. The zero-order valence-corrected chi connectivity index (χ0v) is 36.2. The lowest BCUT2D eigenvalue weighted by molar-refractivity contribution is -0.137. The molecule has 0 bridgehead atoms. The summed E-state index contributed by atoms with van der Waals surface area (Å²) in [6.45, 7) is 0.242. The van der Waals surface area contributed by atoms with Gasteiger partial charge in [0.2, 0.25) is 29.5 Å². The molecule has 4 heterocycles. The summed E-state index contributed by atoms with van der Waals surface area (Å²) >= 11 is 12.8. The first kappa shape index (κ1) is 43.0. The fourth-order valence-corrected chi connectivity index (χ4v) is 11.7. The van der Waals surface area contributed by atoms with Crippen LogP contribution in [0.2, 0.25) is 10.0 Å². The number of imide groups is 1. The van der Waals surface area contributed by atoms with Crippen molar-refractivity contribution < 1.29 is 33.2 Å². The first-order valence-electron chi connectivity index (χ1n) is 22.1. The average molecular weight is 896 g/mol. The number of amides is 6. The number of benzene rings is 3. The van der Waals surface area contributed by atoms with Crippen molar-refractivity contribution in [3.8, 4) is 11.8 Å². The minimum Gasteiger partial charge on any atom is -0.353 e. The van der Waals surface area contributed by atoms with Gasteiger partial charge in [0.05, 0.1) is 11.1 Å². The molecular formula is C48H49Cl2FN6O6. The molecule has 6 amide bonds. The van der Waals surface area contributed by atoms with Crippen LogP contribution in [0.15, 0.2) is 54.6 Å². The molecule has 0 radical (unpaired) electrons. The quantitative estimate of drug-likeness (QED) is 0.101. The number of hydrogen-bond donors (Lipinski definition) is 5. The molecule has 4 fully saturated rings. The van der Waals surface area contributed by atoms with Crippen molar-refractivity contribution in [3.63, 3.8) is 0 Å². The summed E-state index contributed by atoms with van der Waals surface area (Å²) in [5.74, 6) is 3.04. The zero-order valence-electron chi connectivity index (χ0n) is 34.7. The predicted octanol–water partition coefficient (Wildman–Crippen LogP) is 6.31. The minimum absolute atomic E-state index is 0.0503. The summed E-state index contributed by atoms with van der Waals surface area (Å²) in [5.41, 5.74) is 1.31. The van der Waals surface area contributed by atoms with E-state index in [1.165, 1.54) is 11.0 Å². The molecule has 6 aliphatic rings. The predicted molar refractivity (Wildman–Crippen MR) is 234 cm³/mol. The Bertz CT molecular complexity index is 2470. The Balaban J connectivity index is 0.814. The number of carbonyl (C=O) groups excluding carboxylic acids is 6. The van der Waals surface area contributed by atoms with E-state index in [0.717, 1.165) is 24.8 Å². The van der Waals surface area contributed by atoms with Crippen LogP contribution in [0, 0.1) is 17.7 Å². The number of fused-ring (bicyclic) bond motifs is 4. The lowest BCUT2D eigenvalue weighted by Crippen LogP contribution is -2.60. The fourth-order valence-electron chi connectivity index (χ4n) is 11.4. The van der Waals surface area contributed by atoms with Gasteiger partial charge in [-0.2, -0.15) is 0 Å². The number of rotatable bonds is 8. The third kappa shape index (κ3) is 7.68. The highest BCUT2D eigenvalue weighted by atomic mass is 35.5. The Morgan fingerprint density at radius 3 is 2.40 bits per heavy atom. The number of anilines is 1. The van der Waals surface area contributed by atoms with E-state index in [0.29, 0.717) is 85.2 Å². The molecule has 63 heavy (non-hydrogen) atoms. The van der Waals surface area contributed by atoms with Crippen LogP contribution >= 0.6 is 23.2 Å². The van der Waals surface area contributed by atoms with E-state index >= 15 is 4.39 Å². The molecule has 2 saturated heterocycles. The highest BCUT2D eigenvalue weighted by molar-refractivity contribution is 6.31. The lowest BCUT2D eigenvalue weighted by Gasteiger charge is -2.47. The van der Waals surface area contributed by atoms with Crippen LogP contribution in [-0.4, -0.2) is 70.0 Å². The Labute approximate surface area is 375 Å². The summed E-state index contributed by atoms with van der Waals surface area (Å²) in [4.78, 5) is 81.0. The molecule has 328 valence electrons. The van der Waals surface area contributed by atoms with E-state index in [-0.39, 0.29) is 71.6 Å². The van der Waals surface area contributed by atoms with Gasteiger partial charge in [-0.15, -0.1) is 0 Å². The standard InChI is InChI=1S/C48H49Cl2FN6O6/c49-28-15-20-34-36(25-28)54-46(63)48(34)40(32-12-8-13-35(50)41(32)51)42(56-47(48)23-5-2-6-24-47)44(61)53-30-18-16-29(17-19-30)52-38(58)14-4-1-3-9-27-10-7-11-31-33(27)26-57(45(31)62)37-21-22-39(59)55-43(37)60/h7-8,10-13,15,20,25,29-30,37,40,42,56H,1-2,4-6,14,16-19,21-24,26H2,(H,52,58)(H,53,61)(H,54,63)(H,55,59,60)/t29?,30?,37?,40-,42+,48+/m0/s1. The second kappa shape index (κ2) is 17.4. The van der Waals surface area contributed by atoms with E-state index in [9.17, 15) is 28.8 Å². The summed E-state index contributed by atoms with van der Waals surface area (Å²) in [6.07, 6.45) is 8.32. The van der Waals surface area contributed by atoms with Gasteiger partial charge in [0.1, 0.15) is 17.3 Å². The summed E-state index contributed by atoms with van der Waals surface area (Å²) < 4.78 is 16.3. The summed E-state index contributed by atoms with van der Waals surface area (Å²) in [7, 11) is 0. The highest BCUT2D eigenvalue weighted by Crippen LogP contribution is 2.62. The first-order chi connectivity index (χ1) is 30.4. The van der Waals surface area contributed by atoms with Gasteiger partial charge in [-0.3, -0.25) is 39.4 Å². The maximum Gasteiger partial charge on any atom is 0.255 e.